The third kappa shape index (κ3) is 2.60. The number of aromatic nitrogens is 3. The third-order valence-corrected chi connectivity index (χ3v) is 4.59. The lowest BCUT2D eigenvalue weighted by Crippen LogP contribution is -2.49. The first-order chi connectivity index (χ1) is 11.7. The molecule has 0 radical (unpaired) electrons. The predicted molar refractivity (Wildman–Crippen MR) is 93.2 cm³/mol. The molecule has 1 aromatic heterocycles. The van der Waals surface area contributed by atoms with Gasteiger partial charge in [-0.15, -0.1) is 0 Å². The molecule has 0 bridgehead atoms. The lowest BCUT2D eigenvalue weighted by molar-refractivity contribution is 0.0747. The second-order valence-electron chi connectivity index (χ2n) is 6.09. The number of para-hydroxylation sites is 1. The molecule has 0 atom stereocenters. The molecule has 0 saturated carbocycles. The fourth-order valence-electron chi connectivity index (χ4n) is 3.22. The van der Waals surface area contributed by atoms with E-state index in [-0.39, 0.29) is 5.91 Å². The van der Waals surface area contributed by atoms with Gasteiger partial charge in [0.15, 0.2) is 0 Å². The number of hydrogen-bond donors (Lipinski definition) is 1. The molecular formula is C18H19N5O. The average molecular weight is 321 g/mol. The van der Waals surface area contributed by atoms with E-state index in [1.807, 2.05) is 17.0 Å². The van der Waals surface area contributed by atoms with Crippen molar-refractivity contribution in [3.05, 3.63) is 53.6 Å². The van der Waals surface area contributed by atoms with E-state index < -0.39 is 0 Å². The van der Waals surface area contributed by atoms with Crippen molar-refractivity contribution in [3.63, 3.8) is 0 Å². The lowest BCUT2D eigenvalue weighted by atomic mass is 10.1. The molecule has 2 aromatic carbocycles. The van der Waals surface area contributed by atoms with E-state index in [1.54, 1.807) is 6.07 Å². The van der Waals surface area contributed by atoms with E-state index in [9.17, 15) is 4.79 Å². The molecule has 3 aromatic rings. The lowest BCUT2D eigenvalue weighted by Gasteiger charge is -2.36. The number of carbonyl (C=O) groups excluding carboxylic acids is 1. The van der Waals surface area contributed by atoms with Gasteiger partial charge in [-0.2, -0.15) is 15.4 Å². The summed E-state index contributed by atoms with van der Waals surface area (Å²) >= 11 is 0. The Kier molecular flexibility index (Phi) is 3.65. The molecular weight excluding hydrogens is 302 g/mol. The van der Waals surface area contributed by atoms with Crippen LogP contribution in [0.3, 0.4) is 0 Å². The summed E-state index contributed by atoms with van der Waals surface area (Å²) in [5.41, 5.74) is 4.69. The standard InChI is InChI=1S/C18H19N5O/c1-13-4-2-3-5-17(13)22-8-10-23(11-9-22)18(24)14-6-7-15-16(12-14)20-21-19-15/h2-7,12H,8-11H2,1H3,(H,19,20,21). The molecule has 6 heteroatoms. The summed E-state index contributed by atoms with van der Waals surface area (Å²) in [6.45, 7) is 5.28. The molecule has 4 rings (SSSR count). The van der Waals surface area contributed by atoms with Gasteiger partial charge in [0.25, 0.3) is 5.91 Å². The van der Waals surface area contributed by atoms with Crippen LogP contribution in [0, 0.1) is 6.92 Å². The van der Waals surface area contributed by atoms with Gasteiger partial charge < -0.3 is 9.80 Å². The number of benzene rings is 2. The van der Waals surface area contributed by atoms with Crippen molar-refractivity contribution in [2.45, 2.75) is 6.92 Å². The van der Waals surface area contributed by atoms with Crippen molar-refractivity contribution in [1.82, 2.24) is 20.3 Å². The van der Waals surface area contributed by atoms with Crippen molar-refractivity contribution < 1.29 is 4.79 Å². The summed E-state index contributed by atoms with van der Waals surface area (Å²) in [6, 6.07) is 13.8. The van der Waals surface area contributed by atoms with Crippen LogP contribution >= 0.6 is 0 Å². The van der Waals surface area contributed by atoms with Crippen LogP contribution in [0.2, 0.25) is 0 Å². The predicted octanol–water partition coefficient (Wildman–Crippen LogP) is 2.23. The Morgan fingerprint density at radius 3 is 2.54 bits per heavy atom. The van der Waals surface area contributed by atoms with Gasteiger partial charge >= 0.3 is 0 Å². The molecule has 1 aliphatic heterocycles. The van der Waals surface area contributed by atoms with Gasteiger partial charge in [-0.05, 0) is 36.8 Å². The molecule has 1 saturated heterocycles. The molecule has 1 fully saturated rings. The molecule has 24 heavy (non-hydrogen) atoms. The van der Waals surface area contributed by atoms with Crippen LogP contribution in [0.25, 0.3) is 11.0 Å². The number of H-pyrrole nitrogens is 1. The topological polar surface area (TPSA) is 65.1 Å². The third-order valence-electron chi connectivity index (χ3n) is 4.59. The number of amides is 1. The summed E-state index contributed by atoms with van der Waals surface area (Å²) in [7, 11) is 0. The van der Waals surface area contributed by atoms with Crippen molar-refractivity contribution in [1.29, 1.82) is 0 Å². The second kappa shape index (κ2) is 5.96. The Bertz CT molecular complexity index is 880. The SMILES string of the molecule is Cc1ccccc1N1CCN(C(=O)c2ccc3n[nH]nc3c2)CC1. The largest absolute Gasteiger partial charge is 0.368 e. The van der Waals surface area contributed by atoms with Crippen LogP contribution in [0.5, 0.6) is 0 Å². The van der Waals surface area contributed by atoms with Gasteiger partial charge in [0.2, 0.25) is 0 Å². The number of aromatic amines is 1. The monoisotopic (exact) mass is 321 g/mol. The Morgan fingerprint density at radius 1 is 1.00 bits per heavy atom. The highest BCUT2D eigenvalue weighted by Crippen LogP contribution is 2.21. The number of aryl methyl sites for hydroxylation is 1. The molecule has 0 aliphatic carbocycles. The minimum absolute atomic E-state index is 0.0596. The number of fused-ring (bicyclic) bond motifs is 1. The second-order valence-corrected chi connectivity index (χ2v) is 6.09. The molecule has 122 valence electrons. The number of anilines is 1. The maximum absolute atomic E-state index is 12.7. The van der Waals surface area contributed by atoms with Gasteiger partial charge in [-0.25, -0.2) is 0 Å². The summed E-state index contributed by atoms with van der Waals surface area (Å²) in [5.74, 6) is 0.0596. The molecule has 0 spiro atoms. The number of nitrogens with zero attached hydrogens (tertiary/aromatic N) is 4. The van der Waals surface area contributed by atoms with Crippen molar-refractivity contribution in [3.8, 4) is 0 Å². The number of piperazine rings is 1. The number of carbonyl (C=O) groups is 1. The highest BCUT2D eigenvalue weighted by atomic mass is 16.2. The van der Waals surface area contributed by atoms with E-state index in [4.69, 9.17) is 0 Å². The highest BCUT2D eigenvalue weighted by Gasteiger charge is 2.23. The van der Waals surface area contributed by atoms with Gasteiger partial charge in [0, 0.05) is 37.4 Å². The van der Waals surface area contributed by atoms with Crippen LogP contribution in [-0.2, 0) is 0 Å². The summed E-state index contributed by atoms with van der Waals surface area (Å²) in [4.78, 5) is 17.0. The number of hydrogen-bond acceptors (Lipinski definition) is 4. The van der Waals surface area contributed by atoms with Crippen molar-refractivity contribution >= 4 is 22.6 Å². The minimum atomic E-state index is 0.0596. The number of rotatable bonds is 2. The molecule has 1 N–H and O–H groups in total. The van der Waals surface area contributed by atoms with E-state index in [1.165, 1.54) is 11.3 Å². The summed E-state index contributed by atoms with van der Waals surface area (Å²) < 4.78 is 0. The van der Waals surface area contributed by atoms with E-state index in [0.29, 0.717) is 5.56 Å². The zero-order valence-corrected chi connectivity index (χ0v) is 13.6. The van der Waals surface area contributed by atoms with Gasteiger partial charge in [-0.3, -0.25) is 4.79 Å². The first-order valence-corrected chi connectivity index (χ1v) is 8.13. The van der Waals surface area contributed by atoms with Gasteiger partial charge in [0.1, 0.15) is 11.0 Å². The zero-order valence-electron chi connectivity index (χ0n) is 13.6. The van der Waals surface area contributed by atoms with Crippen LogP contribution in [-0.4, -0.2) is 52.4 Å². The maximum atomic E-state index is 12.7. The van der Waals surface area contributed by atoms with Gasteiger partial charge in [0.05, 0.1) is 0 Å². The Morgan fingerprint density at radius 2 is 1.75 bits per heavy atom. The smallest absolute Gasteiger partial charge is 0.254 e. The first-order valence-electron chi connectivity index (χ1n) is 8.13. The Hall–Kier alpha value is -2.89. The van der Waals surface area contributed by atoms with E-state index in [2.05, 4.69) is 51.5 Å². The van der Waals surface area contributed by atoms with Crippen LogP contribution in [0.15, 0.2) is 42.5 Å². The molecule has 0 unspecified atom stereocenters. The zero-order chi connectivity index (χ0) is 16.5. The maximum Gasteiger partial charge on any atom is 0.254 e. The fraction of sp³-hybridized carbons (Fsp3) is 0.278. The quantitative estimate of drug-likeness (QED) is 0.786. The fourth-order valence-corrected chi connectivity index (χ4v) is 3.22. The molecule has 6 nitrogen and oxygen atoms in total. The van der Waals surface area contributed by atoms with E-state index >= 15 is 0 Å². The Balaban J connectivity index is 1.47. The minimum Gasteiger partial charge on any atom is -0.368 e. The van der Waals surface area contributed by atoms with Crippen LogP contribution < -0.4 is 4.90 Å². The van der Waals surface area contributed by atoms with Crippen LogP contribution in [0.4, 0.5) is 5.69 Å². The summed E-state index contributed by atoms with van der Waals surface area (Å²) in [5, 5.41) is 10.7. The van der Waals surface area contributed by atoms with Crippen molar-refractivity contribution in [2.24, 2.45) is 0 Å². The van der Waals surface area contributed by atoms with Gasteiger partial charge in [-0.1, -0.05) is 18.2 Å². The molecule has 1 amide bonds. The first kappa shape index (κ1) is 14.7. The van der Waals surface area contributed by atoms with Crippen LogP contribution in [0.1, 0.15) is 15.9 Å². The molecule has 1 aliphatic rings. The summed E-state index contributed by atoms with van der Waals surface area (Å²) in [6.07, 6.45) is 0. The normalized spacial score (nSPS) is 15.0. The molecule has 2 heterocycles. The average Bonchev–Trinajstić information content (AvgIpc) is 3.09. The number of nitrogens with one attached hydrogen (secondary N) is 1. The van der Waals surface area contributed by atoms with Crippen molar-refractivity contribution in [2.75, 3.05) is 31.1 Å². The highest BCUT2D eigenvalue weighted by molar-refractivity contribution is 5.97. The Labute approximate surface area is 140 Å². The van der Waals surface area contributed by atoms with E-state index in [0.717, 1.165) is 37.2 Å².